The van der Waals surface area contributed by atoms with Crippen LogP contribution in [0.2, 0.25) is 10.0 Å². The quantitative estimate of drug-likeness (QED) is 0.616. The molecule has 1 rings (SSSR count). The van der Waals surface area contributed by atoms with Gasteiger partial charge in [-0.1, -0.05) is 29.3 Å². The summed E-state index contributed by atoms with van der Waals surface area (Å²) in [6, 6.07) is 4.72. The topological polar surface area (TPSA) is 20.2 Å². The maximum atomic E-state index is 8.88. The van der Waals surface area contributed by atoms with Gasteiger partial charge in [-0.05, 0) is 12.1 Å². The third-order valence-electron chi connectivity index (χ3n) is 0.931. The van der Waals surface area contributed by atoms with Crippen molar-refractivity contribution in [2.45, 2.75) is 0 Å². The van der Waals surface area contributed by atoms with Crippen LogP contribution in [0.3, 0.4) is 0 Å². The van der Waals surface area contributed by atoms with Crippen molar-refractivity contribution in [1.82, 2.24) is 0 Å². The first-order chi connectivity index (χ1) is 4.22. The van der Waals surface area contributed by atoms with Crippen molar-refractivity contribution >= 4 is 52.8 Å². The van der Waals surface area contributed by atoms with Gasteiger partial charge in [0.2, 0.25) is 0 Å². The van der Waals surface area contributed by atoms with Crippen LogP contribution in [-0.2, 0) is 0 Å². The molecule has 0 aliphatic heterocycles. The zero-order valence-corrected chi connectivity index (χ0v) is 5.95. The molecule has 0 unspecified atom stereocenters. The van der Waals surface area contributed by atoms with Gasteiger partial charge < -0.3 is 5.11 Å². The standard InChI is InChI=1S/C6H4Cl2O.Na.H/c7-4-2-1-3-5(9)6(4)8;;/h1-3,9H;;. The number of halogens is 2. The molecule has 0 bridgehead atoms. The first kappa shape index (κ1) is 10.6. The van der Waals surface area contributed by atoms with E-state index >= 15 is 0 Å². The Kier molecular flexibility index (Phi) is 4.74. The Hall–Kier alpha value is 0.600. The van der Waals surface area contributed by atoms with Crippen molar-refractivity contribution in [1.29, 1.82) is 0 Å². The maximum absolute atomic E-state index is 8.88. The van der Waals surface area contributed by atoms with Gasteiger partial charge in [0.15, 0.2) is 0 Å². The molecule has 1 nitrogen and oxygen atoms in total. The molecule has 1 aromatic carbocycles. The third kappa shape index (κ3) is 2.33. The summed E-state index contributed by atoms with van der Waals surface area (Å²) in [7, 11) is 0. The second-order valence-corrected chi connectivity index (χ2v) is 2.36. The average molecular weight is 187 g/mol. The Balaban J connectivity index is 0.000000810. The van der Waals surface area contributed by atoms with Gasteiger partial charge in [-0.3, -0.25) is 0 Å². The predicted molar refractivity (Wildman–Crippen MR) is 45.3 cm³/mol. The van der Waals surface area contributed by atoms with Gasteiger partial charge in [-0.2, -0.15) is 0 Å². The van der Waals surface area contributed by atoms with Gasteiger partial charge in [0.1, 0.15) is 10.8 Å². The normalized spacial score (nSPS) is 8.60. The molecule has 0 saturated carbocycles. The molecular weight excluding hydrogens is 182 g/mol. The van der Waals surface area contributed by atoms with Crippen molar-refractivity contribution in [2.24, 2.45) is 0 Å². The first-order valence-electron chi connectivity index (χ1n) is 2.35. The molecule has 0 spiro atoms. The number of phenolic OH excluding ortho intramolecular Hbond substituents is 1. The fourth-order valence-electron chi connectivity index (χ4n) is 0.492. The molecular formula is C6H5Cl2NaO. The van der Waals surface area contributed by atoms with E-state index in [-0.39, 0.29) is 40.3 Å². The molecule has 0 radical (unpaired) electrons. The molecule has 0 amide bonds. The molecule has 0 aliphatic carbocycles. The SMILES string of the molecule is Oc1cccc(Cl)c1Cl.[NaH]. The molecule has 4 heteroatoms. The van der Waals surface area contributed by atoms with Gasteiger partial charge >= 0.3 is 29.6 Å². The second-order valence-electron chi connectivity index (χ2n) is 1.57. The van der Waals surface area contributed by atoms with Crippen LogP contribution in [0.15, 0.2) is 18.2 Å². The average Bonchev–Trinajstić information content (AvgIpc) is 1.83. The van der Waals surface area contributed by atoms with E-state index in [0.717, 1.165) is 0 Å². The molecule has 0 aliphatic rings. The number of hydrogen-bond donors (Lipinski definition) is 1. The first-order valence-corrected chi connectivity index (χ1v) is 3.10. The number of aromatic hydroxyl groups is 1. The van der Waals surface area contributed by atoms with Crippen molar-refractivity contribution in [3.05, 3.63) is 28.2 Å². The minimum absolute atomic E-state index is 0. The van der Waals surface area contributed by atoms with Crippen LogP contribution in [0, 0.1) is 0 Å². The van der Waals surface area contributed by atoms with E-state index in [4.69, 9.17) is 28.3 Å². The van der Waals surface area contributed by atoms with Crippen LogP contribution in [-0.4, -0.2) is 34.7 Å². The van der Waals surface area contributed by atoms with Gasteiger partial charge in [-0.15, -0.1) is 0 Å². The summed E-state index contributed by atoms with van der Waals surface area (Å²) in [5, 5.41) is 9.46. The Bertz CT molecular complexity index is 207. The number of hydrogen-bond acceptors (Lipinski definition) is 1. The molecule has 0 saturated heterocycles. The summed E-state index contributed by atoms with van der Waals surface area (Å²) in [5.41, 5.74) is 0. The van der Waals surface area contributed by atoms with Gasteiger partial charge in [0, 0.05) is 0 Å². The van der Waals surface area contributed by atoms with E-state index in [0.29, 0.717) is 5.02 Å². The molecule has 50 valence electrons. The zero-order chi connectivity index (χ0) is 6.85. The molecule has 10 heavy (non-hydrogen) atoms. The van der Waals surface area contributed by atoms with E-state index in [1.165, 1.54) is 6.07 Å². The fourth-order valence-corrected chi connectivity index (χ4v) is 0.788. The number of benzene rings is 1. The van der Waals surface area contributed by atoms with E-state index < -0.39 is 0 Å². The Morgan fingerprint density at radius 3 is 2.20 bits per heavy atom. The summed E-state index contributed by atoms with van der Waals surface area (Å²) in [6.07, 6.45) is 0. The van der Waals surface area contributed by atoms with Crippen LogP contribution < -0.4 is 0 Å². The van der Waals surface area contributed by atoms with Crippen LogP contribution in [0.5, 0.6) is 5.75 Å². The van der Waals surface area contributed by atoms with Crippen LogP contribution in [0.1, 0.15) is 0 Å². The minimum atomic E-state index is 0. The number of rotatable bonds is 0. The summed E-state index contributed by atoms with van der Waals surface area (Å²) >= 11 is 11.0. The molecule has 1 aromatic rings. The fraction of sp³-hybridized carbons (Fsp3) is 0. The molecule has 1 N–H and O–H groups in total. The van der Waals surface area contributed by atoms with Gasteiger partial charge in [-0.25, -0.2) is 0 Å². The number of phenols is 1. The zero-order valence-electron chi connectivity index (χ0n) is 4.44. The van der Waals surface area contributed by atoms with Crippen molar-refractivity contribution in [3.63, 3.8) is 0 Å². The van der Waals surface area contributed by atoms with Crippen LogP contribution >= 0.6 is 23.2 Å². The second kappa shape index (κ2) is 4.47. The Morgan fingerprint density at radius 2 is 1.80 bits per heavy atom. The van der Waals surface area contributed by atoms with E-state index in [2.05, 4.69) is 0 Å². The van der Waals surface area contributed by atoms with Crippen LogP contribution in [0.25, 0.3) is 0 Å². The molecule has 0 heterocycles. The Morgan fingerprint density at radius 1 is 1.20 bits per heavy atom. The van der Waals surface area contributed by atoms with E-state index in [1.807, 2.05) is 0 Å². The summed E-state index contributed by atoms with van der Waals surface area (Å²) < 4.78 is 0. The summed E-state index contributed by atoms with van der Waals surface area (Å²) in [6.45, 7) is 0. The van der Waals surface area contributed by atoms with Crippen molar-refractivity contribution in [3.8, 4) is 5.75 Å². The monoisotopic (exact) mass is 186 g/mol. The van der Waals surface area contributed by atoms with Gasteiger partial charge in [0.05, 0.1) is 5.02 Å². The van der Waals surface area contributed by atoms with Crippen molar-refractivity contribution < 1.29 is 5.11 Å². The Labute approximate surface area is 91.2 Å². The third-order valence-corrected chi connectivity index (χ3v) is 1.74. The summed E-state index contributed by atoms with van der Waals surface area (Å²) in [5.74, 6) is 0.0177. The van der Waals surface area contributed by atoms with E-state index in [1.54, 1.807) is 12.1 Å². The molecule has 0 atom stereocenters. The molecule has 0 aromatic heterocycles. The predicted octanol–water partition coefficient (Wildman–Crippen LogP) is 2.05. The van der Waals surface area contributed by atoms with Crippen molar-refractivity contribution in [2.75, 3.05) is 0 Å². The van der Waals surface area contributed by atoms with Crippen LogP contribution in [0.4, 0.5) is 0 Å². The molecule has 0 fully saturated rings. The van der Waals surface area contributed by atoms with Gasteiger partial charge in [0.25, 0.3) is 0 Å². The van der Waals surface area contributed by atoms with E-state index in [9.17, 15) is 0 Å². The summed E-state index contributed by atoms with van der Waals surface area (Å²) in [4.78, 5) is 0.